The molecule has 0 atom stereocenters. The summed E-state index contributed by atoms with van der Waals surface area (Å²) >= 11 is 15.2. The van der Waals surface area contributed by atoms with Gasteiger partial charge in [0.15, 0.2) is 0 Å². The molecule has 0 spiro atoms. The second kappa shape index (κ2) is 5.34. The van der Waals surface area contributed by atoms with Gasteiger partial charge in [0.1, 0.15) is 0 Å². The molecule has 2 rings (SSSR count). The number of anilines is 1. The molecule has 0 aliphatic rings. The van der Waals surface area contributed by atoms with E-state index < -0.39 is 0 Å². The fourth-order valence-electron chi connectivity index (χ4n) is 1.59. The van der Waals surface area contributed by atoms with Crippen molar-refractivity contribution < 1.29 is 0 Å². The van der Waals surface area contributed by atoms with E-state index in [-0.39, 0.29) is 5.56 Å². The van der Waals surface area contributed by atoms with Crippen molar-refractivity contribution in [3.63, 3.8) is 0 Å². The first kappa shape index (κ1) is 13.5. The minimum absolute atomic E-state index is 0.166. The first-order valence-electron chi connectivity index (χ1n) is 5.07. The Kier molecular flexibility index (Phi) is 4.00. The molecular formula is C12H9BrCl2N2O. The third-order valence-corrected chi connectivity index (χ3v) is 3.86. The van der Waals surface area contributed by atoms with Gasteiger partial charge in [-0.25, -0.2) is 0 Å². The molecule has 1 aromatic heterocycles. The Labute approximate surface area is 122 Å². The van der Waals surface area contributed by atoms with Gasteiger partial charge in [0.05, 0.1) is 21.1 Å². The highest BCUT2D eigenvalue weighted by atomic mass is 79.9. The van der Waals surface area contributed by atoms with Gasteiger partial charge in [-0.15, -0.1) is 0 Å². The Morgan fingerprint density at radius 1 is 1.33 bits per heavy atom. The Balaban J connectivity index is 2.46. The number of halogens is 3. The summed E-state index contributed by atoms with van der Waals surface area (Å²) < 4.78 is 1.90. The van der Waals surface area contributed by atoms with Gasteiger partial charge in [-0.3, -0.25) is 4.79 Å². The standard InChI is InChI=1S/C12H9BrCl2N2O/c13-9-4-8(16)6-17(12(9)18)5-7-2-1-3-10(14)11(7)15/h1-4,6H,5,16H2. The molecule has 0 aliphatic heterocycles. The molecule has 2 N–H and O–H groups in total. The van der Waals surface area contributed by atoms with Crippen LogP contribution in [0.2, 0.25) is 10.0 Å². The van der Waals surface area contributed by atoms with E-state index in [1.807, 2.05) is 6.07 Å². The van der Waals surface area contributed by atoms with Crippen molar-refractivity contribution in [2.45, 2.75) is 6.54 Å². The number of pyridine rings is 1. The number of aromatic nitrogens is 1. The van der Waals surface area contributed by atoms with E-state index in [1.54, 1.807) is 24.4 Å². The van der Waals surface area contributed by atoms with E-state index in [1.165, 1.54) is 4.57 Å². The van der Waals surface area contributed by atoms with Gasteiger partial charge in [-0.1, -0.05) is 35.3 Å². The Morgan fingerprint density at radius 3 is 2.78 bits per heavy atom. The summed E-state index contributed by atoms with van der Waals surface area (Å²) in [6.07, 6.45) is 1.57. The van der Waals surface area contributed by atoms with Crippen LogP contribution < -0.4 is 11.3 Å². The number of nitrogen functional groups attached to an aromatic ring is 1. The molecule has 94 valence electrons. The Hall–Kier alpha value is -0.970. The van der Waals surface area contributed by atoms with Crippen molar-refractivity contribution in [1.82, 2.24) is 4.57 Å². The van der Waals surface area contributed by atoms with Gasteiger partial charge in [0.2, 0.25) is 0 Å². The third kappa shape index (κ3) is 2.71. The number of benzene rings is 1. The first-order chi connectivity index (χ1) is 8.49. The highest BCUT2D eigenvalue weighted by Crippen LogP contribution is 2.26. The predicted octanol–water partition coefficient (Wildman–Crippen LogP) is 3.55. The molecule has 1 heterocycles. The molecule has 2 aromatic rings. The molecular weight excluding hydrogens is 339 g/mol. The van der Waals surface area contributed by atoms with Crippen LogP contribution in [0.3, 0.4) is 0 Å². The molecule has 18 heavy (non-hydrogen) atoms. The van der Waals surface area contributed by atoms with E-state index in [9.17, 15) is 4.79 Å². The maximum atomic E-state index is 11.9. The highest BCUT2D eigenvalue weighted by Gasteiger charge is 2.08. The Morgan fingerprint density at radius 2 is 2.06 bits per heavy atom. The van der Waals surface area contributed by atoms with Gasteiger partial charge in [0.25, 0.3) is 5.56 Å². The zero-order valence-electron chi connectivity index (χ0n) is 9.16. The van der Waals surface area contributed by atoms with E-state index in [4.69, 9.17) is 28.9 Å². The minimum atomic E-state index is -0.166. The van der Waals surface area contributed by atoms with E-state index in [0.717, 1.165) is 5.56 Å². The van der Waals surface area contributed by atoms with Crippen LogP contribution in [0.15, 0.2) is 39.7 Å². The van der Waals surface area contributed by atoms with Crippen LogP contribution in [-0.2, 0) is 6.54 Å². The molecule has 0 saturated carbocycles. The molecule has 0 saturated heterocycles. The lowest BCUT2D eigenvalue weighted by atomic mass is 10.2. The van der Waals surface area contributed by atoms with Gasteiger partial charge in [0, 0.05) is 11.9 Å². The van der Waals surface area contributed by atoms with Crippen LogP contribution in [0.4, 0.5) is 5.69 Å². The summed E-state index contributed by atoms with van der Waals surface area (Å²) in [4.78, 5) is 11.9. The van der Waals surface area contributed by atoms with E-state index in [2.05, 4.69) is 15.9 Å². The summed E-state index contributed by atoms with van der Waals surface area (Å²) in [5.41, 5.74) is 6.80. The second-order valence-electron chi connectivity index (χ2n) is 3.77. The number of nitrogens with two attached hydrogens (primary N) is 1. The molecule has 0 unspecified atom stereocenters. The summed E-state index contributed by atoms with van der Waals surface area (Å²) in [6, 6.07) is 6.87. The Bertz CT molecular complexity index is 655. The number of nitrogens with zero attached hydrogens (tertiary/aromatic N) is 1. The molecule has 3 nitrogen and oxygen atoms in total. The number of hydrogen-bond donors (Lipinski definition) is 1. The molecule has 1 aromatic carbocycles. The smallest absolute Gasteiger partial charge is 0.265 e. The topological polar surface area (TPSA) is 48.0 Å². The molecule has 0 radical (unpaired) electrons. The first-order valence-corrected chi connectivity index (χ1v) is 6.62. The monoisotopic (exact) mass is 346 g/mol. The fraction of sp³-hybridized carbons (Fsp3) is 0.0833. The molecule has 0 bridgehead atoms. The average Bonchev–Trinajstić information content (AvgIpc) is 2.31. The summed E-state index contributed by atoms with van der Waals surface area (Å²) in [7, 11) is 0. The van der Waals surface area contributed by atoms with E-state index in [0.29, 0.717) is 26.8 Å². The van der Waals surface area contributed by atoms with Crippen LogP contribution in [0.5, 0.6) is 0 Å². The molecule has 0 aliphatic carbocycles. The summed E-state index contributed by atoms with van der Waals surface area (Å²) in [5, 5.41) is 0.912. The largest absolute Gasteiger partial charge is 0.398 e. The van der Waals surface area contributed by atoms with Gasteiger partial charge >= 0.3 is 0 Å². The normalized spacial score (nSPS) is 10.6. The van der Waals surface area contributed by atoms with Crippen LogP contribution in [0.25, 0.3) is 0 Å². The second-order valence-corrected chi connectivity index (χ2v) is 5.41. The van der Waals surface area contributed by atoms with E-state index >= 15 is 0 Å². The maximum Gasteiger partial charge on any atom is 0.265 e. The van der Waals surface area contributed by atoms with Crippen LogP contribution >= 0.6 is 39.1 Å². The lowest BCUT2D eigenvalue weighted by molar-refractivity contribution is 0.757. The highest BCUT2D eigenvalue weighted by molar-refractivity contribution is 9.10. The quantitative estimate of drug-likeness (QED) is 0.903. The van der Waals surface area contributed by atoms with Crippen LogP contribution in [-0.4, -0.2) is 4.57 Å². The van der Waals surface area contributed by atoms with Crippen LogP contribution in [0, 0.1) is 0 Å². The van der Waals surface area contributed by atoms with Crippen molar-refractivity contribution in [1.29, 1.82) is 0 Å². The predicted molar refractivity (Wildman–Crippen MR) is 78.4 cm³/mol. The van der Waals surface area contributed by atoms with Crippen molar-refractivity contribution >= 4 is 44.8 Å². The molecule has 6 heteroatoms. The minimum Gasteiger partial charge on any atom is -0.398 e. The zero-order chi connectivity index (χ0) is 13.3. The van der Waals surface area contributed by atoms with Crippen molar-refractivity contribution in [3.8, 4) is 0 Å². The molecule has 0 amide bonds. The number of rotatable bonds is 2. The zero-order valence-corrected chi connectivity index (χ0v) is 12.3. The van der Waals surface area contributed by atoms with Crippen molar-refractivity contribution in [2.75, 3.05) is 5.73 Å². The SMILES string of the molecule is Nc1cc(Br)c(=O)n(Cc2cccc(Cl)c2Cl)c1. The number of hydrogen-bond acceptors (Lipinski definition) is 2. The lowest BCUT2D eigenvalue weighted by Crippen LogP contribution is -2.21. The van der Waals surface area contributed by atoms with Crippen molar-refractivity contribution in [2.24, 2.45) is 0 Å². The van der Waals surface area contributed by atoms with Crippen LogP contribution in [0.1, 0.15) is 5.56 Å². The third-order valence-electron chi connectivity index (χ3n) is 2.44. The summed E-state index contributed by atoms with van der Waals surface area (Å²) in [6.45, 7) is 0.321. The van der Waals surface area contributed by atoms with Crippen molar-refractivity contribution in [3.05, 3.63) is 60.9 Å². The fourth-order valence-corrected chi connectivity index (χ4v) is 2.46. The van der Waals surface area contributed by atoms with Gasteiger partial charge in [-0.2, -0.15) is 0 Å². The average molecular weight is 348 g/mol. The maximum absolute atomic E-state index is 11.9. The lowest BCUT2D eigenvalue weighted by Gasteiger charge is -2.10. The molecule has 0 fully saturated rings. The van der Waals surface area contributed by atoms with Gasteiger partial charge in [-0.05, 0) is 33.6 Å². The summed E-state index contributed by atoms with van der Waals surface area (Å²) in [5.74, 6) is 0. The van der Waals surface area contributed by atoms with Gasteiger partial charge < -0.3 is 10.3 Å².